The summed E-state index contributed by atoms with van der Waals surface area (Å²) >= 11 is 6.05. The first-order valence-electron chi connectivity index (χ1n) is 8.87. The molecule has 0 radical (unpaired) electrons. The van der Waals surface area contributed by atoms with Crippen LogP contribution in [0, 0.1) is 0 Å². The van der Waals surface area contributed by atoms with Crippen molar-refractivity contribution in [3.63, 3.8) is 0 Å². The molecule has 1 unspecified atom stereocenters. The number of fused-ring (bicyclic) bond motifs is 2. The minimum absolute atomic E-state index is 0.476. The lowest BCUT2D eigenvalue weighted by atomic mass is 10.1. The maximum absolute atomic E-state index is 6.05. The van der Waals surface area contributed by atoms with E-state index in [4.69, 9.17) is 16.6 Å². The summed E-state index contributed by atoms with van der Waals surface area (Å²) in [6.45, 7) is 2.12. The summed E-state index contributed by atoms with van der Waals surface area (Å²) in [4.78, 5) is 8.10. The lowest BCUT2D eigenvalue weighted by molar-refractivity contribution is 0.480. The first-order valence-corrected chi connectivity index (χ1v) is 9.25. The highest BCUT2D eigenvalue weighted by Gasteiger charge is 2.15. The van der Waals surface area contributed by atoms with Gasteiger partial charge in [0.05, 0.1) is 16.6 Å². The summed E-state index contributed by atoms with van der Waals surface area (Å²) in [6, 6.07) is 12.4. The van der Waals surface area contributed by atoms with Gasteiger partial charge in [-0.3, -0.25) is 5.10 Å². The molecule has 5 rings (SSSR count). The Hall–Kier alpha value is -2.57. The second kappa shape index (κ2) is 6.30. The maximum atomic E-state index is 6.05. The van der Waals surface area contributed by atoms with Gasteiger partial charge in [0.15, 0.2) is 5.82 Å². The van der Waals surface area contributed by atoms with Crippen LogP contribution in [0.25, 0.3) is 33.5 Å². The normalized spacial score (nSPS) is 17.8. The van der Waals surface area contributed by atoms with Crippen molar-refractivity contribution in [3.05, 3.63) is 41.4 Å². The minimum atomic E-state index is 0.476. The summed E-state index contributed by atoms with van der Waals surface area (Å²) < 4.78 is 0. The number of hydrogen-bond donors (Lipinski definition) is 4. The Bertz CT molecular complexity index is 1080. The first kappa shape index (κ1) is 15.7. The fourth-order valence-electron chi connectivity index (χ4n) is 3.59. The molecule has 1 atom stereocenters. The second-order valence-electron chi connectivity index (χ2n) is 6.77. The van der Waals surface area contributed by atoms with Gasteiger partial charge in [-0.25, -0.2) is 4.98 Å². The van der Waals surface area contributed by atoms with Crippen molar-refractivity contribution in [1.82, 2.24) is 25.5 Å². The average Bonchev–Trinajstić information content (AvgIpc) is 3.25. The molecule has 0 saturated carbocycles. The molecular formula is C19H19ClN6. The van der Waals surface area contributed by atoms with Crippen LogP contribution in [0.5, 0.6) is 0 Å². The topological polar surface area (TPSA) is 81.4 Å². The van der Waals surface area contributed by atoms with E-state index >= 15 is 0 Å². The van der Waals surface area contributed by atoms with Crippen LogP contribution in [0.2, 0.25) is 5.02 Å². The highest BCUT2D eigenvalue weighted by atomic mass is 35.5. The molecular weight excluding hydrogens is 348 g/mol. The molecule has 4 N–H and O–H groups in total. The third-order valence-corrected chi connectivity index (χ3v) is 5.13. The molecule has 2 aromatic heterocycles. The fourth-order valence-corrected chi connectivity index (χ4v) is 3.77. The van der Waals surface area contributed by atoms with Gasteiger partial charge in [0.2, 0.25) is 0 Å². The number of piperidine rings is 1. The van der Waals surface area contributed by atoms with Gasteiger partial charge in [0, 0.05) is 28.7 Å². The van der Waals surface area contributed by atoms with Gasteiger partial charge in [0.25, 0.3) is 0 Å². The van der Waals surface area contributed by atoms with Crippen molar-refractivity contribution in [2.24, 2.45) is 0 Å². The summed E-state index contributed by atoms with van der Waals surface area (Å²) in [5.41, 5.74) is 4.75. The molecule has 1 saturated heterocycles. The highest BCUT2D eigenvalue weighted by molar-refractivity contribution is 6.31. The van der Waals surface area contributed by atoms with E-state index in [9.17, 15) is 0 Å². The summed E-state index contributed by atoms with van der Waals surface area (Å²) in [5.74, 6) is 0.755. The third-order valence-electron chi connectivity index (χ3n) is 4.90. The number of aromatic nitrogens is 4. The molecule has 132 valence electrons. The molecule has 0 aliphatic carbocycles. The number of rotatable bonds is 3. The van der Waals surface area contributed by atoms with Crippen LogP contribution in [0.3, 0.4) is 0 Å². The van der Waals surface area contributed by atoms with Gasteiger partial charge in [-0.2, -0.15) is 5.10 Å². The quantitative estimate of drug-likeness (QED) is 0.443. The van der Waals surface area contributed by atoms with Gasteiger partial charge < -0.3 is 15.6 Å². The highest BCUT2D eigenvalue weighted by Crippen LogP contribution is 2.28. The standard InChI is InChI=1S/C19H19ClN6/c20-11-3-5-14-16(8-11)25-26-18(14)19-23-15-6-4-12(9-17(15)24-19)22-13-2-1-7-21-10-13/h3-6,8-9,13,21-22H,1-2,7,10H2,(H,23,24)(H,25,26). The molecule has 26 heavy (non-hydrogen) atoms. The largest absolute Gasteiger partial charge is 0.381 e. The zero-order valence-corrected chi connectivity index (χ0v) is 14.9. The van der Waals surface area contributed by atoms with Crippen molar-refractivity contribution < 1.29 is 0 Å². The van der Waals surface area contributed by atoms with Crippen molar-refractivity contribution in [2.45, 2.75) is 18.9 Å². The molecule has 1 aliphatic rings. The number of imidazole rings is 1. The molecule has 4 aromatic rings. The Labute approximate surface area is 155 Å². The minimum Gasteiger partial charge on any atom is -0.381 e. The average molecular weight is 367 g/mol. The molecule has 7 heteroatoms. The molecule has 3 heterocycles. The predicted molar refractivity (Wildman–Crippen MR) is 106 cm³/mol. The van der Waals surface area contributed by atoms with E-state index in [1.807, 2.05) is 24.3 Å². The number of nitrogens with one attached hydrogen (secondary N) is 4. The molecule has 1 aliphatic heterocycles. The summed E-state index contributed by atoms with van der Waals surface area (Å²) in [7, 11) is 0. The number of H-pyrrole nitrogens is 2. The maximum Gasteiger partial charge on any atom is 0.159 e. The molecule has 0 amide bonds. The number of halogens is 1. The van der Waals surface area contributed by atoms with Crippen LogP contribution in [0.1, 0.15) is 12.8 Å². The van der Waals surface area contributed by atoms with Gasteiger partial charge in [-0.15, -0.1) is 0 Å². The Morgan fingerprint density at radius 3 is 2.96 bits per heavy atom. The lowest BCUT2D eigenvalue weighted by Crippen LogP contribution is -2.38. The summed E-state index contributed by atoms with van der Waals surface area (Å²) in [6.07, 6.45) is 2.41. The van der Waals surface area contributed by atoms with E-state index in [0.717, 1.165) is 52.2 Å². The molecule has 6 nitrogen and oxygen atoms in total. The number of anilines is 1. The van der Waals surface area contributed by atoms with Crippen molar-refractivity contribution in [2.75, 3.05) is 18.4 Å². The predicted octanol–water partition coefficient (Wildman–Crippen LogP) is 3.92. The van der Waals surface area contributed by atoms with E-state index < -0.39 is 0 Å². The van der Waals surface area contributed by atoms with E-state index in [1.54, 1.807) is 0 Å². The van der Waals surface area contributed by atoms with Crippen molar-refractivity contribution in [3.8, 4) is 11.5 Å². The van der Waals surface area contributed by atoms with Gasteiger partial charge >= 0.3 is 0 Å². The smallest absolute Gasteiger partial charge is 0.159 e. The summed E-state index contributed by atoms with van der Waals surface area (Å²) in [5, 5.41) is 16.2. The van der Waals surface area contributed by atoms with E-state index in [-0.39, 0.29) is 0 Å². The van der Waals surface area contributed by atoms with Crippen molar-refractivity contribution in [1.29, 1.82) is 0 Å². The van der Waals surface area contributed by atoms with Crippen LogP contribution in [0.4, 0.5) is 5.69 Å². The first-order chi connectivity index (χ1) is 12.8. The monoisotopic (exact) mass is 366 g/mol. The van der Waals surface area contributed by atoms with Crippen LogP contribution in [-0.4, -0.2) is 39.3 Å². The van der Waals surface area contributed by atoms with E-state index in [1.165, 1.54) is 12.8 Å². The molecule has 0 bridgehead atoms. The van der Waals surface area contributed by atoms with Crippen LogP contribution in [0.15, 0.2) is 36.4 Å². The van der Waals surface area contributed by atoms with E-state index in [2.05, 4.69) is 37.9 Å². The SMILES string of the molecule is Clc1ccc2c(-c3nc4ccc(NC5CCCNC5)cc4[nH]3)n[nH]c2c1. The van der Waals surface area contributed by atoms with Crippen molar-refractivity contribution >= 4 is 39.2 Å². The Morgan fingerprint density at radius 2 is 2.08 bits per heavy atom. The Balaban J connectivity index is 1.49. The van der Waals surface area contributed by atoms with Crippen LogP contribution in [-0.2, 0) is 0 Å². The van der Waals surface area contributed by atoms with E-state index in [0.29, 0.717) is 11.1 Å². The Morgan fingerprint density at radius 1 is 1.12 bits per heavy atom. The Kier molecular flexibility index (Phi) is 3.80. The number of aromatic amines is 2. The van der Waals surface area contributed by atoms with Gasteiger partial charge in [-0.05, 0) is 55.8 Å². The lowest BCUT2D eigenvalue weighted by Gasteiger charge is -2.24. The zero-order valence-electron chi connectivity index (χ0n) is 14.1. The second-order valence-corrected chi connectivity index (χ2v) is 7.20. The zero-order chi connectivity index (χ0) is 17.5. The third kappa shape index (κ3) is 2.81. The van der Waals surface area contributed by atoms with Crippen LogP contribution >= 0.6 is 11.6 Å². The molecule has 2 aromatic carbocycles. The number of nitrogens with zero attached hydrogens (tertiary/aromatic N) is 2. The molecule has 0 spiro atoms. The van der Waals surface area contributed by atoms with Gasteiger partial charge in [0.1, 0.15) is 5.69 Å². The number of hydrogen-bond acceptors (Lipinski definition) is 4. The fraction of sp³-hybridized carbons (Fsp3) is 0.263. The molecule has 1 fully saturated rings. The van der Waals surface area contributed by atoms with Gasteiger partial charge in [-0.1, -0.05) is 11.6 Å². The van der Waals surface area contributed by atoms with Crippen LogP contribution < -0.4 is 10.6 Å². The number of benzene rings is 2.